The topological polar surface area (TPSA) is 42.4 Å². The van der Waals surface area contributed by atoms with Crippen molar-refractivity contribution >= 4 is 28.6 Å². The predicted octanol–water partition coefficient (Wildman–Crippen LogP) is 4.47. The Balaban J connectivity index is 1.53. The van der Waals surface area contributed by atoms with Gasteiger partial charge in [-0.15, -0.1) is 22.7 Å². The van der Waals surface area contributed by atoms with Crippen LogP contribution in [-0.4, -0.2) is 35.0 Å². The van der Waals surface area contributed by atoms with Gasteiger partial charge in [-0.25, -0.2) is 4.98 Å². The fourth-order valence-electron chi connectivity index (χ4n) is 3.02. The summed E-state index contributed by atoms with van der Waals surface area (Å²) in [6.45, 7) is 3.15. The minimum absolute atomic E-state index is 0.00157. The van der Waals surface area contributed by atoms with Gasteiger partial charge in [0.25, 0.3) is 5.91 Å². The van der Waals surface area contributed by atoms with E-state index in [1.54, 1.807) is 11.3 Å². The van der Waals surface area contributed by atoms with Crippen molar-refractivity contribution in [3.8, 4) is 9.88 Å². The highest BCUT2D eigenvalue weighted by Crippen LogP contribution is 2.30. The van der Waals surface area contributed by atoms with E-state index in [1.165, 1.54) is 11.3 Å². The smallest absolute Gasteiger partial charge is 0.273 e. The Morgan fingerprint density at radius 1 is 1.16 bits per heavy atom. The molecule has 1 amide bonds. The first kappa shape index (κ1) is 16.4. The summed E-state index contributed by atoms with van der Waals surface area (Å²) in [6.07, 6.45) is -0.0948. The maximum atomic E-state index is 12.9. The summed E-state index contributed by atoms with van der Waals surface area (Å²) in [6, 6.07) is 14.1. The molecule has 0 bridgehead atoms. The molecule has 1 fully saturated rings. The summed E-state index contributed by atoms with van der Waals surface area (Å²) in [5.74, 6) is -0.0184. The molecule has 0 spiro atoms. The van der Waals surface area contributed by atoms with E-state index in [-0.39, 0.29) is 18.1 Å². The van der Waals surface area contributed by atoms with E-state index in [0.717, 1.165) is 15.4 Å². The Bertz CT molecular complexity index is 845. The molecule has 1 aliphatic rings. The molecular formula is C19H18N2O2S2. The molecule has 6 heteroatoms. The number of ether oxygens (including phenoxy) is 1. The van der Waals surface area contributed by atoms with E-state index in [4.69, 9.17) is 4.74 Å². The normalized spacial score (nSPS) is 20.6. The van der Waals surface area contributed by atoms with Crippen molar-refractivity contribution in [3.05, 3.63) is 64.5 Å². The van der Waals surface area contributed by atoms with Crippen LogP contribution >= 0.6 is 22.7 Å². The third-order valence-corrected chi connectivity index (χ3v) is 6.06. The van der Waals surface area contributed by atoms with Crippen molar-refractivity contribution in [2.45, 2.75) is 19.1 Å². The predicted molar refractivity (Wildman–Crippen MR) is 101 cm³/mol. The molecule has 4 rings (SSSR count). The van der Waals surface area contributed by atoms with Crippen LogP contribution in [0.25, 0.3) is 9.88 Å². The lowest BCUT2D eigenvalue weighted by Gasteiger charge is -2.36. The minimum atomic E-state index is -0.0932. The number of carbonyl (C=O) groups excluding carboxylic acids is 1. The van der Waals surface area contributed by atoms with Gasteiger partial charge in [0.2, 0.25) is 0 Å². The van der Waals surface area contributed by atoms with Gasteiger partial charge >= 0.3 is 0 Å². The largest absolute Gasteiger partial charge is 0.367 e. The molecule has 1 aliphatic heterocycles. The molecular weight excluding hydrogens is 352 g/mol. The number of hydrogen-bond acceptors (Lipinski definition) is 5. The Morgan fingerprint density at radius 3 is 2.76 bits per heavy atom. The highest BCUT2D eigenvalue weighted by molar-refractivity contribution is 7.20. The Morgan fingerprint density at radius 2 is 2.00 bits per heavy atom. The van der Waals surface area contributed by atoms with E-state index >= 15 is 0 Å². The highest BCUT2D eigenvalue weighted by Gasteiger charge is 2.30. The lowest BCUT2D eigenvalue weighted by atomic mass is 10.1. The van der Waals surface area contributed by atoms with E-state index < -0.39 is 0 Å². The zero-order valence-electron chi connectivity index (χ0n) is 13.8. The quantitative estimate of drug-likeness (QED) is 0.683. The van der Waals surface area contributed by atoms with Gasteiger partial charge in [0, 0.05) is 11.9 Å². The van der Waals surface area contributed by atoms with Gasteiger partial charge in [-0.3, -0.25) is 4.79 Å². The van der Waals surface area contributed by atoms with E-state index in [0.29, 0.717) is 18.8 Å². The zero-order chi connectivity index (χ0) is 17.2. The second-order valence-electron chi connectivity index (χ2n) is 6.07. The SMILES string of the molecule is CC1CN(C(=O)c2csc(-c3cccs3)n2)CC(c2ccccc2)O1. The molecule has 25 heavy (non-hydrogen) atoms. The number of thiazole rings is 1. The molecule has 2 unspecified atom stereocenters. The average molecular weight is 370 g/mol. The van der Waals surface area contributed by atoms with Crippen LogP contribution in [0.1, 0.15) is 29.1 Å². The molecule has 3 heterocycles. The standard InChI is InChI=1S/C19H18N2O2S2/c1-13-10-21(11-16(23-13)14-6-3-2-4-7-14)19(22)15-12-25-18(20-15)17-8-5-9-24-17/h2-9,12-13,16H,10-11H2,1H3. The molecule has 3 aromatic rings. The summed E-state index contributed by atoms with van der Waals surface area (Å²) in [4.78, 5) is 20.4. The maximum Gasteiger partial charge on any atom is 0.273 e. The molecule has 4 nitrogen and oxygen atoms in total. The monoisotopic (exact) mass is 370 g/mol. The maximum absolute atomic E-state index is 12.9. The van der Waals surface area contributed by atoms with Crippen molar-refractivity contribution in [2.75, 3.05) is 13.1 Å². The summed E-state index contributed by atoms with van der Waals surface area (Å²) >= 11 is 3.16. The van der Waals surface area contributed by atoms with Crippen LogP contribution in [0.3, 0.4) is 0 Å². The molecule has 2 atom stereocenters. The second-order valence-corrected chi connectivity index (χ2v) is 7.88. The third kappa shape index (κ3) is 3.51. The van der Waals surface area contributed by atoms with Gasteiger partial charge in [0.1, 0.15) is 16.8 Å². The summed E-state index contributed by atoms with van der Waals surface area (Å²) < 4.78 is 6.04. The summed E-state index contributed by atoms with van der Waals surface area (Å²) in [5.41, 5.74) is 1.62. The van der Waals surface area contributed by atoms with Gasteiger partial charge in [-0.2, -0.15) is 0 Å². The fourth-order valence-corrected chi connectivity index (χ4v) is 4.62. The number of hydrogen-bond donors (Lipinski definition) is 0. The zero-order valence-corrected chi connectivity index (χ0v) is 15.4. The first-order valence-corrected chi connectivity index (χ1v) is 9.95. The fraction of sp³-hybridized carbons (Fsp3) is 0.263. The molecule has 1 saturated heterocycles. The Hall–Kier alpha value is -2.02. The molecule has 0 aliphatic carbocycles. The third-order valence-electron chi connectivity index (χ3n) is 4.17. The molecule has 2 aromatic heterocycles. The van der Waals surface area contributed by atoms with Gasteiger partial charge < -0.3 is 9.64 Å². The Kier molecular flexibility index (Phi) is 4.65. The summed E-state index contributed by atoms with van der Waals surface area (Å²) in [5, 5.41) is 4.78. The van der Waals surface area contributed by atoms with Crippen LogP contribution in [-0.2, 0) is 4.74 Å². The number of carbonyl (C=O) groups is 1. The van der Waals surface area contributed by atoms with Crippen LogP contribution in [0.4, 0.5) is 0 Å². The van der Waals surface area contributed by atoms with Gasteiger partial charge in [0.15, 0.2) is 0 Å². The highest BCUT2D eigenvalue weighted by atomic mass is 32.1. The molecule has 128 valence electrons. The van der Waals surface area contributed by atoms with Crippen LogP contribution < -0.4 is 0 Å². The number of amides is 1. The summed E-state index contributed by atoms with van der Waals surface area (Å²) in [7, 11) is 0. The lowest BCUT2D eigenvalue weighted by Crippen LogP contribution is -2.46. The van der Waals surface area contributed by atoms with Crippen LogP contribution in [0.5, 0.6) is 0 Å². The molecule has 0 saturated carbocycles. The number of rotatable bonds is 3. The van der Waals surface area contributed by atoms with E-state index in [2.05, 4.69) is 4.98 Å². The number of morpholine rings is 1. The van der Waals surface area contributed by atoms with Gasteiger partial charge in [-0.1, -0.05) is 36.4 Å². The van der Waals surface area contributed by atoms with Crippen LogP contribution in [0, 0.1) is 0 Å². The van der Waals surface area contributed by atoms with Crippen molar-refractivity contribution in [2.24, 2.45) is 0 Å². The first-order valence-electron chi connectivity index (χ1n) is 8.20. The molecule has 1 aromatic carbocycles. The number of aromatic nitrogens is 1. The lowest BCUT2D eigenvalue weighted by molar-refractivity contribution is -0.0692. The number of nitrogens with zero attached hydrogens (tertiary/aromatic N) is 2. The minimum Gasteiger partial charge on any atom is -0.367 e. The van der Waals surface area contributed by atoms with E-state index in [9.17, 15) is 4.79 Å². The van der Waals surface area contributed by atoms with Crippen molar-refractivity contribution in [1.29, 1.82) is 0 Å². The number of thiophene rings is 1. The average Bonchev–Trinajstić information content (AvgIpc) is 3.32. The van der Waals surface area contributed by atoms with Gasteiger partial charge in [0.05, 0.1) is 17.5 Å². The van der Waals surface area contributed by atoms with Crippen molar-refractivity contribution < 1.29 is 9.53 Å². The molecule has 0 radical (unpaired) electrons. The second kappa shape index (κ2) is 7.07. The van der Waals surface area contributed by atoms with Crippen molar-refractivity contribution in [3.63, 3.8) is 0 Å². The first-order chi connectivity index (χ1) is 12.2. The Labute approximate surface area is 154 Å². The van der Waals surface area contributed by atoms with Crippen LogP contribution in [0.15, 0.2) is 53.2 Å². The van der Waals surface area contributed by atoms with Gasteiger partial charge in [-0.05, 0) is 23.9 Å². The van der Waals surface area contributed by atoms with Crippen LogP contribution in [0.2, 0.25) is 0 Å². The number of benzene rings is 1. The molecule has 0 N–H and O–H groups in total. The van der Waals surface area contributed by atoms with Crippen molar-refractivity contribution in [1.82, 2.24) is 9.88 Å². The van der Waals surface area contributed by atoms with E-state index in [1.807, 2.05) is 65.0 Å².